The van der Waals surface area contributed by atoms with Gasteiger partial charge in [0, 0.05) is 12.5 Å². The summed E-state index contributed by atoms with van der Waals surface area (Å²) in [4.78, 5) is 31.2. The maximum absolute atomic E-state index is 10.9. The van der Waals surface area contributed by atoms with Crippen molar-refractivity contribution < 1.29 is 24.4 Å². The Morgan fingerprint density at radius 2 is 2.16 bits per heavy atom. The van der Waals surface area contributed by atoms with E-state index in [0.717, 1.165) is 0 Å². The van der Waals surface area contributed by atoms with Crippen LogP contribution in [0.25, 0.3) is 0 Å². The second-order valence-corrected chi connectivity index (χ2v) is 3.76. The molecule has 0 aliphatic rings. The minimum atomic E-state index is -0.885. The number of unbranched alkanes of at least 4 members (excludes halogenated alkanes) is 1. The number of rotatable bonds is 8. The lowest BCUT2D eigenvalue weighted by Gasteiger charge is -2.07. The quantitative estimate of drug-likeness (QED) is 0.334. The van der Waals surface area contributed by atoms with Crippen LogP contribution in [-0.2, 0) is 4.79 Å². The number of ether oxygens (including phenoxy) is 1. The summed E-state index contributed by atoms with van der Waals surface area (Å²) in [6, 6.07) is 4.12. The summed E-state index contributed by atoms with van der Waals surface area (Å²) in [5, 5.41) is 19.2. The van der Waals surface area contributed by atoms with Crippen molar-refractivity contribution in [2.45, 2.75) is 19.3 Å². The van der Waals surface area contributed by atoms with Gasteiger partial charge in [-0.05, 0) is 18.9 Å². The molecule has 1 aromatic carbocycles. The first-order chi connectivity index (χ1) is 9.06. The van der Waals surface area contributed by atoms with Crippen molar-refractivity contribution in [3.63, 3.8) is 0 Å². The minimum absolute atomic E-state index is 0.0405. The van der Waals surface area contributed by atoms with Crippen molar-refractivity contribution in [1.29, 1.82) is 0 Å². The number of nitrogens with zero attached hydrogens (tertiary/aromatic N) is 1. The molecule has 19 heavy (non-hydrogen) atoms. The first-order valence-corrected chi connectivity index (χ1v) is 5.63. The number of benzene rings is 1. The number of carboxylic acid groups (broad SMARTS) is 1. The van der Waals surface area contributed by atoms with E-state index in [1.165, 1.54) is 18.2 Å². The maximum atomic E-state index is 10.9. The van der Waals surface area contributed by atoms with E-state index in [9.17, 15) is 19.7 Å². The molecular weight excluding hydrogens is 254 g/mol. The summed E-state index contributed by atoms with van der Waals surface area (Å²) in [6.45, 7) is 0.204. The average molecular weight is 267 g/mol. The summed E-state index contributed by atoms with van der Waals surface area (Å²) < 4.78 is 5.27. The van der Waals surface area contributed by atoms with E-state index in [1.54, 1.807) is 0 Å². The highest BCUT2D eigenvalue weighted by Gasteiger charge is 2.17. The Morgan fingerprint density at radius 3 is 2.74 bits per heavy atom. The third kappa shape index (κ3) is 4.38. The molecular formula is C12H13NO6. The average Bonchev–Trinajstić information content (AvgIpc) is 2.37. The summed E-state index contributed by atoms with van der Waals surface area (Å²) in [5.41, 5.74) is -0.413. The van der Waals surface area contributed by atoms with Crippen LogP contribution in [0.4, 0.5) is 5.69 Å². The SMILES string of the molecule is O=Cc1c(OCCCCC(=O)O)cccc1[N+](=O)[O-]. The fourth-order valence-electron chi connectivity index (χ4n) is 1.50. The zero-order chi connectivity index (χ0) is 14.3. The van der Waals surface area contributed by atoms with Gasteiger partial charge in [-0.2, -0.15) is 0 Å². The summed E-state index contributed by atoms with van der Waals surface area (Å²) in [6.07, 6.45) is 1.36. The molecule has 0 aromatic heterocycles. The van der Waals surface area contributed by atoms with Gasteiger partial charge in [-0.15, -0.1) is 0 Å². The van der Waals surface area contributed by atoms with Crippen LogP contribution in [0.1, 0.15) is 29.6 Å². The summed E-state index contributed by atoms with van der Waals surface area (Å²) in [5.74, 6) is -0.747. The third-order valence-corrected chi connectivity index (χ3v) is 2.40. The van der Waals surface area contributed by atoms with Crippen molar-refractivity contribution in [3.05, 3.63) is 33.9 Å². The number of aliphatic carboxylic acids is 1. The Hall–Kier alpha value is -2.44. The molecule has 1 aromatic rings. The van der Waals surface area contributed by atoms with Crippen LogP contribution in [0.3, 0.4) is 0 Å². The van der Waals surface area contributed by atoms with Crippen LogP contribution in [-0.4, -0.2) is 28.9 Å². The van der Waals surface area contributed by atoms with Gasteiger partial charge in [0.05, 0.1) is 11.5 Å². The van der Waals surface area contributed by atoms with E-state index in [4.69, 9.17) is 9.84 Å². The summed E-state index contributed by atoms with van der Waals surface area (Å²) in [7, 11) is 0. The molecule has 0 unspecified atom stereocenters. The molecule has 0 saturated heterocycles. The van der Waals surface area contributed by atoms with Gasteiger partial charge in [0.1, 0.15) is 11.3 Å². The number of carbonyl (C=O) groups excluding carboxylic acids is 1. The van der Waals surface area contributed by atoms with E-state index in [-0.39, 0.29) is 30.0 Å². The topological polar surface area (TPSA) is 107 Å². The van der Waals surface area contributed by atoms with Crippen molar-refractivity contribution in [1.82, 2.24) is 0 Å². The molecule has 0 amide bonds. The van der Waals surface area contributed by atoms with Crippen LogP contribution < -0.4 is 4.74 Å². The molecule has 7 heteroatoms. The van der Waals surface area contributed by atoms with Gasteiger partial charge in [0.25, 0.3) is 5.69 Å². The monoisotopic (exact) mass is 267 g/mol. The second kappa shape index (κ2) is 7.10. The molecule has 1 rings (SSSR count). The molecule has 7 nitrogen and oxygen atoms in total. The lowest BCUT2D eigenvalue weighted by molar-refractivity contribution is -0.385. The number of nitro benzene ring substituents is 1. The smallest absolute Gasteiger partial charge is 0.303 e. The molecule has 0 aliphatic heterocycles. The van der Waals surface area contributed by atoms with Gasteiger partial charge in [0.15, 0.2) is 6.29 Å². The first kappa shape index (κ1) is 14.6. The van der Waals surface area contributed by atoms with E-state index < -0.39 is 10.9 Å². The third-order valence-electron chi connectivity index (χ3n) is 2.40. The molecule has 0 bridgehead atoms. The predicted octanol–water partition coefficient (Wildman–Crippen LogP) is 2.04. The van der Waals surface area contributed by atoms with E-state index >= 15 is 0 Å². The minimum Gasteiger partial charge on any atom is -0.493 e. The maximum Gasteiger partial charge on any atom is 0.303 e. The fraction of sp³-hybridized carbons (Fsp3) is 0.333. The number of carboxylic acids is 1. The van der Waals surface area contributed by atoms with Gasteiger partial charge >= 0.3 is 5.97 Å². The number of carbonyl (C=O) groups is 2. The Balaban J connectivity index is 2.63. The van der Waals surface area contributed by atoms with E-state index in [1.807, 2.05) is 0 Å². The van der Waals surface area contributed by atoms with Gasteiger partial charge in [-0.25, -0.2) is 0 Å². The van der Waals surface area contributed by atoms with Gasteiger partial charge < -0.3 is 9.84 Å². The Morgan fingerprint density at radius 1 is 1.42 bits per heavy atom. The number of hydrogen-bond acceptors (Lipinski definition) is 5. The highest BCUT2D eigenvalue weighted by atomic mass is 16.6. The molecule has 102 valence electrons. The van der Waals surface area contributed by atoms with Crippen molar-refractivity contribution in [2.75, 3.05) is 6.61 Å². The molecule has 0 fully saturated rings. The lowest BCUT2D eigenvalue weighted by atomic mass is 10.2. The number of nitro groups is 1. The van der Waals surface area contributed by atoms with Crippen molar-refractivity contribution >= 4 is 17.9 Å². The Bertz CT molecular complexity index is 485. The van der Waals surface area contributed by atoms with Crippen LogP contribution in [0, 0.1) is 10.1 Å². The molecule has 0 saturated carbocycles. The fourth-order valence-corrected chi connectivity index (χ4v) is 1.50. The number of hydrogen-bond donors (Lipinski definition) is 1. The first-order valence-electron chi connectivity index (χ1n) is 5.63. The second-order valence-electron chi connectivity index (χ2n) is 3.76. The lowest BCUT2D eigenvalue weighted by Crippen LogP contribution is -2.03. The van der Waals surface area contributed by atoms with Gasteiger partial charge in [0.2, 0.25) is 0 Å². The number of aldehydes is 1. The highest BCUT2D eigenvalue weighted by Crippen LogP contribution is 2.26. The molecule has 0 radical (unpaired) electrons. The zero-order valence-corrected chi connectivity index (χ0v) is 10.1. The normalized spacial score (nSPS) is 9.89. The summed E-state index contributed by atoms with van der Waals surface area (Å²) >= 11 is 0. The largest absolute Gasteiger partial charge is 0.493 e. The zero-order valence-electron chi connectivity index (χ0n) is 10.1. The standard InChI is InChI=1S/C12H13NO6/c14-8-9-10(13(17)18)4-3-5-11(9)19-7-2-1-6-12(15)16/h3-5,8H,1-2,6-7H2,(H,15,16). The molecule has 0 aliphatic carbocycles. The molecule has 0 heterocycles. The van der Waals surface area contributed by atoms with E-state index in [0.29, 0.717) is 19.1 Å². The molecule has 0 spiro atoms. The van der Waals surface area contributed by atoms with Gasteiger partial charge in [-0.1, -0.05) is 6.07 Å². The van der Waals surface area contributed by atoms with Crippen molar-refractivity contribution in [2.24, 2.45) is 0 Å². The highest BCUT2D eigenvalue weighted by molar-refractivity contribution is 5.85. The van der Waals surface area contributed by atoms with Gasteiger partial charge in [-0.3, -0.25) is 19.7 Å². The Labute approximate surface area is 109 Å². The van der Waals surface area contributed by atoms with Crippen LogP contribution >= 0.6 is 0 Å². The van der Waals surface area contributed by atoms with Crippen LogP contribution in [0.15, 0.2) is 18.2 Å². The Kier molecular flexibility index (Phi) is 5.46. The molecule has 0 atom stereocenters. The van der Waals surface area contributed by atoms with E-state index in [2.05, 4.69) is 0 Å². The van der Waals surface area contributed by atoms with Crippen molar-refractivity contribution in [3.8, 4) is 5.75 Å². The van der Waals surface area contributed by atoms with Crippen LogP contribution in [0.2, 0.25) is 0 Å². The van der Waals surface area contributed by atoms with Crippen LogP contribution in [0.5, 0.6) is 5.75 Å². The predicted molar refractivity (Wildman–Crippen MR) is 65.5 cm³/mol. The molecule has 1 N–H and O–H groups in total.